The summed E-state index contributed by atoms with van der Waals surface area (Å²) in [5.41, 5.74) is -0.0334. The molecule has 7 heteroatoms. The number of alkyl halides is 1. The van der Waals surface area contributed by atoms with Crippen molar-refractivity contribution in [1.29, 1.82) is 0 Å². The van der Waals surface area contributed by atoms with E-state index in [0.717, 1.165) is 0 Å². The number of rotatable bonds is 6. The van der Waals surface area contributed by atoms with E-state index in [4.69, 9.17) is 16.3 Å². The first-order chi connectivity index (χ1) is 8.53. The topological polar surface area (TPSA) is 73.3 Å². The van der Waals surface area contributed by atoms with Crippen LogP contribution in [0.25, 0.3) is 0 Å². The van der Waals surface area contributed by atoms with Gasteiger partial charge < -0.3 is 4.74 Å². The Morgan fingerprint density at radius 2 is 2.22 bits per heavy atom. The number of hydrogen-bond acceptors (Lipinski definition) is 5. The predicted octanol–water partition coefficient (Wildman–Crippen LogP) is 1.66. The van der Waals surface area contributed by atoms with E-state index >= 15 is 0 Å². The van der Waals surface area contributed by atoms with Crippen LogP contribution < -0.4 is 0 Å². The van der Waals surface area contributed by atoms with Gasteiger partial charge in [0.15, 0.2) is 14.9 Å². The first kappa shape index (κ1) is 14.9. The molecule has 0 amide bonds. The van der Waals surface area contributed by atoms with Gasteiger partial charge in [0.1, 0.15) is 0 Å². The number of sulfone groups is 1. The molecule has 0 aliphatic carbocycles. The molecule has 5 nitrogen and oxygen atoms in total. The summed E-state index contributed by atoms with van der Waals surface area (Å²) >= 11 is 5.47. The molecule has 0 saturated carbocycles. The van der Waals surface area contributed by atoms with Crippen molar-refractivity contribution >= 4 is 27.4 Å². The molecule has 0 N–H and O–H groups in total. The molecule has 0 aliphatic rings. The highest BCUT2D eigenvalue weighted by Crippen LogP contribution is 2.16. The molecule has 1 aromatic rings. The number of ether oxygens (including phenoxy) is 1. The Hall–Kier alpha value is -1.14. The summed E-state index contributed by atoms with van der Waals surface area (Å²) in [4.78, 5) is 15.4. The number of hydrogen-bond donors (Lipinski definition) is 0. The fraction of sp³-hybridized carbons (Fsp3) is 0.455. The molecule has 1 aromatic heterocycles. The SMILES string of the molecule is CCOC(=O)c1cccnc1S(=O)(=O)CCCCl. The molecular weight excluding hydrogens is 278 g/mol. The normalized spacial score (nSPS) is 11.2. The van der Waals surface area contributed by atoms with Crippen molar-refractivity contribution in [2.24, 2.45) is 0 Å². The molecule has 0 unspecified atom stereocenters. The maximum atomic E-state index is 12.0. The molecule has 1 heterocycles. The minimum absolute atomic E-state index is 0.0334. The Morgan fingerprint density at radius 3 is 2.83 bits per heavy atom. The van der Waals surface area contributed by atoms with Crippen LogP contribution in [0.5, 0.6) is 0 Å². The van der Waals surface area contributed by atoms with Crippen LogP contribution in [0.3, 0.4) is 0 Å². The lowest BCUT2D eigenvalue weighted by atomic mass is 10.3. The van der Waals surface area contributed by atoms with E-state index in [1.807, 2.05) is 0 Å². The summed E-state index contributed by atoms with van der Waals surface area (Å²) in [7, 11) is -3.61. The van der Waals surface area contributed by atoms with Crippen molar-refractivity contribution in [2.75, 3.05) is 18.2 Å². The lowest BCUT2D eigenvalue weighted by Gasteiger charge is -2.08. The molecule has 0 saturated heterocycles. The largest absolute Gasteiger partial charge is 0.462 e. The maximum Gasteiger partial charge on any atom is 0.341 e. The van der Waals surface area contributed by atoms with Crippen molar-refractivity contribution < 1.29 is 17.9 Å². The van der Waals surface area contributed by atoms with Gasteiger partial charge in [0.25, 0.3) is 0 Å². The minimum atomic E-state index is -3.61. The monoisotopic (exact) mass is 291 g/mol. The molecule has 0 radical (unpaired) electrons. The molecule has 0 atom stereocenters. The van der Waals surface area contributed by atoms with E-state index in [2.05, 4.69) is 4.98 Å². The van der Waals surface area contributed by atoms with Gasteiger partial charge in [-0.1, -0.05) is 0 Å². The Morgan fingerprint density at radius 1 is 1.50 bits per heavy atom. The van der Waals surface area contributed by atoms with Gasteiger partial charge in [0.05, 0.1) is 17.9 Å². The lowest BCUT2D eigenvalue weighted by molar-refractivity contribution is 0.0521. The molecule has 18 heavy (non-hydrogen) atoms. The first-order valence-electron chi connectivity index (χ1n) is 5.43. The van der Waals surface area contributed by atoms with Gasteiger partial charge in [0, 0.05) is 12.1 Å². The number of esters is 1. The molecule has 1 rings (SSSR count). The van der Waals surface area contributed by atoms with E-state index < -0.39 is 15.8 Å². The Labute approximate surface area is 111 Å². The fourth-order valence-corrected chi connectivity index (χ4v) is 3.06. The van der Waals surface area contributed by atoms with Crippen LogP contribution in [-0.4, -0.2) is 37.6 Å². The number of carbonyl (C=O) groups is 1. The van der Waals surface area contributed by atoms with E-state index in [1.54, 1.807) is 6.92 Å². The summed E-state index contributed by atoms with van der Waals surface area (Å²) in [6, 6.07) is 2.88. The summed E-state index contributed by atoms with van der Waals surface area (Å²) in [6.45, 7) is 1.82. The van der Waals surface area contributed by atoms with E-state index in [-0.39, 0.29) is 28.8 Å². The molecule has 0 aromatic carbocycles. The van der Waals surface area contributed by atoms with Crippen LogP contribution in [0.2, 0.25) is 0 Å². The van der Waals surface area contributed by atoms with Gasteiger partial charge in [-0.3, -0.25) is 0 Å². The van der Waals surface area contributed by atoms with E-state index in [9.17, 15) is 13.2 Å². The molecule has 0 bridgehead atoms. The van der Waals surface area contributed by atoms with Gasteiger partial charge in [-0.05, 0) is 25.5 Å². The Kier molecular flexibility index (Phi) is 5.55. The molecule has 0 spiro atoms. The average Bonchev–Trinajstić information content (AvgIpc) is 2.37. The third kappa shape index (κ3) is 3.68. The maximum absolute atomic E-state index is 12.0. The van der Waals surface area contributed by atoms with Gasteiger partial charge in [-0.2, -0.15) is 0 Å². The van der Waals surface area contributed by atoms with Gasteiger partial charge in [-0.25, -0.2) is 18.2 Å². The number of carbonyl (C=O) groups excluding carboxylic acids is 1. The van der Waals surface area contributed by atoms with Crippen molar-refractivity contribution in [3.05, 3.63) is 23.9 Å². The molecule has 100 valence electrons. The fourth-order valence-electron chi connectivity index (χ4n) is 1.34. The summed E-state index contributed by atoms with van der Waals surface area (Å²) in [5.74, 6) is -0.587. The van der Waals surface area contributed by atoms with Crippen molar-refractivity contribution in [3.63, 3.8) is 0 Å². The Balaban J connectivity index is 3.13. The molecular formula is C11H14ClNO4S. The summed E-state index contributed by atoms with van der Waals surface area (Å²) < 4.78 is 28.8. The highest BCUT2D eigenvalue weighted by atomic mass is 35.5. The zero-order chi connectivity index (χ0) is 13.6. The number of nitrogens with zero attached hydrogens (tertiary/aromatic N) is 1. The van der Waals surface area contributed by atoms with Crippen LogP contribution in [0.1, 0.15) is 23.7 Å². The van der Waals surface area contributed by atoms with Crippen LogP contribution in [-0.2, 0) is 14.6 Å². The van der Waals surface area contributed by atoms with Crippen LogP contribution in [0.15, 0.2) is 23.4 Å². The third-order valence-electron chi connectivity index (χ3n) is 2.11. The summed E-state index contributed by atoms with van der Waals surface area (Å²) in [6.07, 6.45) is 1.64. The highest BCUT2D eigenvalue weighted by Gasteiger charge is 2.24. The minimum Gasteiger partial charge on any atom is -0.462 e. The highest BCUT2D eigenvalue weighted by molar-refractivity contribution is 7.91. The van der Waals surface area contributed by atoms with Crippen molar-refractivity contribution in [1.82, 2.24) is 4.98 Å². The zero-order valence-electron chi connectivity index (χ0n) is 9.93. The zero-order valence-corrected chi connectivity index (χ0v) is 11.5. The molecule has 0 aliphatic heterocycles. The van der Waals surface area contributed by atoms with Gasteiger partial charge in [0.2, 0.25) is 0 Å². The smallest absolute Gasteiger partial charge is 0.341 e. The molecule has 0 fully saturated rings. The van der Waals surface area contributed by atoms with Crippen LogP contribution >= 0.6 is 11.6 Å². The van der Waals surface area contributed by atoms with Gasteiger partial charge in [-0.15, -0.1) is 11.6 Å². The predicted molar refractivity (Wildman–Crippen MR) is 67.6 cm³/mol. The quantitative estimate of drug-likeness (QED) is 0.589. The van der Waals surface area contributed by atoms with Gasteiger partial charge >= 0.3 is 5.97 Å². The standard InChI is InChI=1S/C11H14ClNO4S/c1-2-17-11(14)9-5-3-7-13-10(9)18(15,16)8-4-6-12/h3,5,7H,2,4,6,8H2,1H3. The second-order valence-electron chi connectivity index (χ2n) is 3.44. The first-order valence-corrected chi connectivity index (χ1v) is 7.62. The van der Waals surface area contributed by atoms with E-state index in [0.29, 0.717) is 6.42 Å². The second kappa shape index (κ2) is 6.70. The average molecular weight is 292 g/mol. The van der Waals surface area contributed by atoms with Crippen LogP contribution in [0, 0.1) is 0 Å². The van der Waals surface area contributed by atoms with Crippen LogP contribution in [0.4, 0.5) is 0 Å². The number of aromatic nitrogens is 1. The van der Waals surface area contributed by atoms with E-state index in [1.165, 1.54) is 18.3 Å². The summed E-state index contributed by atoms with van der Waals surface area (Å²) in [5, 5.41) is -0.242. The van der Waals surface area contributed by atoms with Crippen molar-refractivity contribution in [3.8, 4) is 0 Å². The number of halogens is 1. The Bertz CT molecular complexity index is 516. The second-order valence-corrected chi connectivity index (χ2v) is 5.84. The lowest BCUT2D eigenvalue weighted by Crippen LogP contribution is -2.16. The number of pyridine rings is 1. The van der Waals surface area contributed by atoms with Crippen molar-refractivity contribution in [2.45, 2.75) is 18.4 Å². The third-order valence-corrected chi connectivity index (χ3v) is 4.12.